The first-order valence-corrected chi connectivity index (χ1v) is 5.96. The average molecular weight is 276 g/mol. The lowest BCUT2D eigenvalue weighted by Crippen LogP contribution is -2.38. The van der Waals surface area contributed by atoms with Crippen molar-refractivity contribution in [3.63, 3.8) is 0 Å². The molecule has 0 radical (unpaired) electrons. The molecule has 0 bridgehead atoms. The molecule has 0 saturated heterocycles. The molecule has 3 nitrogen and oxygen atoms in total. The standard InChI is InChI=1S/C12H12ClF2NO2/c13-9-4-10(14)8(3-11(9)15)12(18)16-5-6-1-7(17)2-6/h3-4,6-7,17H,1-2,5H2,(H,16,18). The van der Waals surface area contributed by atoms with Crippen molar-refractivity contribution >= 4 is 17.5 Å². The largest absolute Gasteiger partial charge is 0.393 e. The van der Waals surface area contributed by atoms with Gasteiger partial charge in [0.05, 0.1) is 16.7 Å². The Morgan fingerprint density at radius 2 is 2.06 bits per heavy atom. The van der Waals surface area contributed by atoms with Gasteiger partial charge in [-0.15, -0.1) is 0 Å². The van der Waals surface area contributed by atoms with E-state index in [4.69, 9.17) is 16.7 Å². The van der Waals surface area contributed by atoms with Gasteiger partial charge in [-0.1, -0.05) is 11.6 Å². The van der Waals surface area contributed by atoms with Gasteiger partial charge in [0, 0.05) is 6.54 Å². The molecule has 0 atom stereocenters. The Bertz CT molecular complexity index is 475. The lowest BCUT2D eigenvalue weighted by atomic mass is 9.82. The molecule has 6 heteroatoms. The molecule has 1 amide bonds. The predicted octanol–water partition coefficient (Wildman–Crippen LogP) is 2.12. The first-order chi connectivity index (χ1) is 8.47. The molecule has 2 N–H and O–H groups in total. The van der Waals surface area contributed by atoms with Crippen LogP contribution in [0, 0.1) is 17.6 Å². The summed E-state index contributed by atoms with van der Waals surface area (Å²) in [5.41, 5.74) is -0.364. The van der Waals surface area contributed by atoms with Gasteiger partial charge in [-0.25, -0.2) is 8.78 Å². The smallest absolute Gasteiger partial charge is 0.254 e. The van der Waals surface area contributed by atoms with Crippen molar-refractivity contribution in [2.75, 3.05) is 6.54 Å². The molecule has 1 aromatic rings. The van der Waals surface area contributed by atoms with E-state index >= 15 is 0 Å². The summed E-state index contributed by atoms with van der Waals surface area (Å²) in [7, 11) is 0. The summed E-state index contributed by atoms with van der Waals surface area (Å²) in [5, 5.41) is 11.2. The van der Waals surface area contributed by atoms with Crippen LogP contribution in [0.5, 0.6) is 0 Å². The minimum atomic E-state index is -0.854. The third-order valence-electron chi connectivity index (χ3n) is 3.02. The van der Waals surface area contributed by atoms with Crippen molar-refractivity contribution in [2.24, 2.45) is 5.92 Å². The maximum atomic E-state index is 13.4. The van der Waals surface area contributed by atoms with E-state index in [0.29, 0.717) is 19.4 Å². The monoisotopic (exact) mass is 275 g/mol. The van der Waals surface area contributed by atoms with Gasteiger partial charge in [0.2, 0.25) is 0 Å². The SMILES string of the molecule is O=C(NCC1CC(O)C1)c1cc(F)c(Cl)cc1F. The highest BCUT2D eigenvalue weighted by molar-refractivity contribution is 6.30. The van der Waals surface area contributed by atoms with Gasteiger partial charge in [0.25, 0.3) is 5.91 Å². The molecule has 2 rings (SSSR count). The van der Waals surface area contributed by atoms with Gasteiger partial charge in [-0.2, -0.15) is 0 Å². The zero-order valence-electron chi connectivity index (χ0n) is 9.42. The second-order valence-corrected chi connectivity index (χ2v) is 4.85. The van der Waals surface area contributed by atoms with Crippen LogP contribution in [0.2, 0.25) is 5.02 Å². The van der Waals surface area contributed by atoms with E-state index < -0.39 is 17.5 Å². The van der Waals surface area contributed by atoms with Crippen LogP contribution in [0.4, 0.5) is 8.78 Å². The summed E-state index contributed by atoms with van der Waals surface area (Å²) in [6.45, 7) is 0.347. The van der Waals surface area contributed by atoms with E-state index in [1.54, 1.807) is 0 Å². The van der Waals surface area contributed by atoms with E-state index in [2.05, 4.69) is 5.32 Å². The highest BCUT2D eigenvalue weighted by Gasteiger charge is 2.27. The second-order valence-electron chi connectivity index (χ2n) is 4.45. The second kappa shape index (κ2) is 5.20. The van der Waals surface area contributed by atoms with Crippen LogP contribution in [-0.2, 0) is 0 Å². The van der Waals surface area contributed by atoms with Crippen LogP contribution in [0.3, 0.4) is 0 Å². The van der Waals surface area contributed by atoms with Crippen molar-refractivity contribution in [1.82, 2.24) is 5.32 Å². The fourth-order valence-electron chi connectivity index (χ4n) is 1.90. The Balaban J connectivity index is 1.98. The Morgan fingerprint density at radius 1 is 1.39 bits per heavy atom. The topological polar surface area (TPSA) is 49.3 Å². The number of carbonyl (C=O) groups excluding carboxylic acids is 1. The molecule has 1 aromatic carbocycles. The molecule has 0 unspecified atom stereocenters. The van der Waals surface area contributed by atoms with Gasteiger partial charge in [0.1, 0.15) is 11.6 Å². The van der Waals surface area contributed by atoms with Crippen molar-refractivity contribution < 1.29 is 18.7 Å². The molecule has 98 valence electrons. The van der Waals surface area contributed by atoms with Crippen molar-refractivity contribution in [2.45, 2.75) is 18.9 Å². The molecule has 0 aliphatic heterocycles. The number of aliphatic hydroxyl groups excluding tert-OH is 1. The third-order valence-corrected chi connectivity index (χ3v) is 3.31. The Kier molecular flexibility index (Phi) is 3.82. The van der Waals surface area contributed by atoms with Crippen LogP contribution in [0.15, 0.2) is 12.1 Å². The lowest BCUT2D eigenvalue weighted by Gasteiger charge is -2.31. The lowest BCUT2D eigenvalue weighted by molar-refractivity contribution is 0.0419. The van der Waals surface area contributed by atoms with Gasteiger partial charge in [-0.3, -0.25) is 4.79 Å². The first-order valence-electron chi connectivity index (χ1n) is 5.58. The average Bonchev–Trinajstić information content (AvgIpc) is 2.27. The summed E-state index contributed by atoms with van der Waals surface area (Å²) < 4.78 is 26.5. The zero-order valence-corrected chi connectivity index (χ0v) is 10.2. The van der Waals surface area contributed by atoms with Gasteiger partial charge in [0.15, 0.2) is 0 Å². The van der Waals surface area contributed by atoms with Gasteiger partial charge < -0.3 is 10.4 Å². The summed E-state index contributed by atoms with van der Waals surface area (Å²) in [6.07, 6.45) is 0.937. The van der Waals surface area contributed by atoms with Gasteiger partial charge in [-0.05, 0) is 30.9 Å². The van der Waals surface area contributed by atoms with Crippen molar-refractivity contribution in [3.8, 4) is 0 Å². The molecular formula is C12H12ClF2NO2. The van der Waals surface area contributed by atoms with E-state index in [1.165, 1.54) is 0 Å². The number of rotatable bonds is 3. The maximum Gasteiger partial charge on any atom is 0.254 e. The first kappa shape index (κ1) is 13.2. The van der Waals surface area contributed by atoms with E-state index in [-0.39, 0.29) is 22.6 Å². The number of amides is 1. The molecule has 1 aliphatic carbocycles. The minimum Gasteiger partial charge on any atom is -0.393 e. The highest BCUT2D eigenvalue weighted by Crippen LogP contribution is 2.26. The Labute approximate surface area is 108 Å². The quantitative estimate of drug-likeness (QED) is 0.830. The third kappa shape index (κ3) is 2.79. The number of aliphatic hydroxyl groups is 1. The zero-order chi connectivity index (χ0) is 13.3. The molecule has 0 spiro atoms. The number of halogens is 3. The number of carbonyl (C=O) groups is 1. The predicted molar refractivity (Wildman–Crippen MR) is 62.4 cm³/mol. The molecule has 1 saturated carbocycles. The van der Waals surface area contributed by atoms with E-state index in [0.717, 1.165) is 12.1 Å². The van der Waals surface area contributed by atoms with Crippen LogP contribution in [0.25, 0.3) is 0 Å². The molecule has 1 aliphatic rings. The van der Waals surface area contributed by atoms with Gasteiger partial charge >= 0.3 is 0 Å². The summed E-state index contributed by atoms with van der Waals surface area (Å²) in [4.78, 5) is 11.6. The Hall–Kier alpha value is -1.20. The minimum absolute atomic E-state index is 0.198. The van der Waals surface area contributed by atoms with Crippen LogP contribution in [-0.4, -0.2) is 23.7 Å². The molecular weight excluding hydrogens is 264 g/mol. The number of benzene rings is 1. The van der Waals surface area contributed by atoms with Crippen molar-refractivity contribution in [1.29, 1.82) is 0 Å². The molecule has 0 heterocycles. The van der Waals surface area contributed by atoms with E-state index in [1.807, 2.05) is 0 Å². The number of hydrogen-bond donors (Lipinski definition) is 2. The maximum absolute atomic E-state index is 13.4. The molecule has 18 heavy (non-hydrogen) atoms. The summed E-state index contributed by atoms with van der Waals surface area (Å²) >= 11 is 5.39. The van der Waals surface area contributed by atoms with Crippen LogP contribution >= 0.6 is 11.6 Å². The fourth-order valence-corrected chi connectivity index (χ4v) is 2.05. The Morgan fingerprint density at radius 3 is 2.67 bits per heavy atom. The highest BCUT2D eigenvalue weighted by atomic mass is 35.5. The number of hydrogen-bond acceptors (Lipinski definition) is 2. The normalized spacial score (nSPS) is 22.4. The fraction of sp³-hybridized carbons (Fsp3) is 0.417. The number of nitrogens with one attached hydrogen (secondary N) is 1. The summed E-state index contributed by atoms with van der Waals surface area (Å²) in [6, 6.07) is 1.56. The van der Waals surface area contributed by atoms with Crippen molar-refractivity contribution in [3.05, 3.63) is 34.4 Å². The summed E-state index contributed by atoms with van der Waals surface area (Å²) in [5.74, 6) is -2.16. The van der Waals surface area contributed by atoms with Crippen LogP contribution < -0.4 is 5.32 Å². The molecule has 0 aromatic heterocycles. The van der Waals surface area contributed by atoms with Crippen LogP contribution in [0.1, 0.15) is 23.2 Å². The van der Waals surface area contributed by atoms with E-state index in [9.17, 15) is 13.6 Å². The molecule has 1 fully saturated rings.